The molecule has 1 aliphatic carbocycles. The first-order valence-electron chi connectivity index (χ1n) is 13.3. The van der Waals surface area contributed by atoms with Gasteiger partial charge in [0.2, 0.25) is 0 Å². The van der Waals surface area contributed by atoms with Gasteiger partial charge in [0.05, 0.1) is 22.4 Å². The maximum absolute atomic E-state index is 14.7. The Morgan fingerprint density at radius 1 is 1.20 bits per heavy atom. The van der Waals surface area contributed by atoms with Crippen molar-refractivity contribution in [2.75, 3.05) is 17.2 Å². The van der Waals surface area contributed by atoms with Gasteiger partial charge < -0.3 is 21.1 Å². The molecule has 0 spiro atoms. The summed E-state index contributed by atoms with van der Waals surface area (Å²) in [4.78, 5) is 31.5. The van der Waals surface area contributed by atoms with Crippen molar-refractivity contribution in [1.29, 1.82) is 0 Å². The van der Waals surface area contributed by atoms with E-state index >= 15 is 0 Å². The van der Waals surface area contributed by atoms with E-state index in [1.54, 1.807) is 18.3 Å². The molecule has 40 heavy (non-hydrogen) atoms. The van der Waals surface area contributed by atoms with Gasteiger partial charge in [0.1, 0.15) is 17.3 Å². The first-order chi connectivity index (χ1) is 19.3. The minimum absolute atomic E-state index is 0.00249. The zero-order valence-electron chi connectivity index (χ0n) is 21.9. The molecule has 0 radical (unpaired) electrons. The second-order valence-electron chi connectivity index (χ2n) is 10.5. The van der Waals surface area contributed by atoms with Crippen LogP contribution in [0.25, 0.3) is 11.3 Å². The predicted octanol–water partition coefficient (Wildman–Crippen LogP) is 4.48. The van der Waals surface area contributed by atoms with Crippen molar-refractivity contribution in [1.82, 2.24) is 20.5 Å². The Hall–Kier alpha value is -3.93. The summed E-state index contributed by atoms with van der Waals surface area (Å²) in [5, 5.41) is 25.7. The van der Waals surface area contributed by atoms with E-state index in [0.717, 1.165) is 41.8 Å². The summed E-state index contributed by atoms with van der Waals surface area (Å²) < 4.78 is 14.7. The van der Waals surface area contributed by atoms with E-state index < -0.39 is 23.4 Å². The Labute approximate surface area is 233 Å². The number of carbonyl (C=O) groups excluding carboxylic acids is 1. The van der Waals surface area contributed by atoms with Crippen LogP contribution in [-0.4, -0.2) is 38.8 Å². The SMILES string of the molecule is C[C@@]1(c2ccc(Nc3cc(-c4ccc(F)c(NC(=O)c5cc6c(s5)CC[C@H](O)C6)c4)n[nH]c3=O)nc2)CCCN1. The molecule has 9 nitrogen and oxygen atoms in total. The van der Waals surface area contributed by atoms with Crippen molar-refractivity contribution >= 4 is 34.4 Å². The van der Waals surface area contributed by atoms with Crippen LogP contribution in [0.2, 0.25) is 0 Å². The fourth-order valence-electron chi connectivity index (χ4n) is 5.30. The first-order valence-corrected chi connectivity index (χ1v) is 14.1. The average Bonchev–Trinajstić information content (AvgIpc) is 3.58. The number of aliphatic hydroxyl groups is 1. The van der Waals surface area contributed by atoms with Crippen LogP contribution in [0, 0.1) is 5.82 Å². The Morgan fingerprint density at radius 3 is 2.85 bits per heavy atom. The van der Waals surface area contributed by atoms with Crippen LogP contribution >= 0.6 is 11.3 Å². The van der Waals surface area contributed by atoms with Crippen LogP contribution < -0.4 is 21.5 Å². The molecule has 2 aliphatic rings. The van der Waals surface area contributed by atoms with Gasteiger partial charge in [-0.2, -0.15) is 5.10 Å². The molecule has 0 unspecified atom stereocenters. The number of benzene rings is 1. The third-order valence-corrected chi connectivity index (χ3v) is 8.86. The molecule has 11 heteroatoms. The van der Waals surface area contributed by atoms with E-state index in [-0.39, 0.29) is 16.9 Å². The lowest BCUT2D eigenvalue weighted by Gasteiger charge is -2.24. The maximum Gasteiger partial charge on any atom is 0.287 e. The summed E-state index contributed by atoms with van der Waals surface area (Å²) >= 11 is 1.37. The molecule has 4 heterocycles. The molecule has 0 saturated carbocycles. The quantitative estimate of drug-likeness (QED) is 0.235. The number of aliphatic hydroxyl groups excluding tert-OH is 1. The highest BCUT2D eigenvalue weighted by molar-refractivity contribution is 7.14. The number of thiophene rings is 1. The summed E-state index contributed by atoms with van der Waals surface area (Å²) in [6, 6.07) is 11.4. The summed E-state index contributed by atoms with van der Waals surface area (Å²) in [5.74, 6) is -0.504. The third kappa shape index (κ3) is 5.27. The molecule has 2 atom stereocenters. The van der Waals surface area contributed by atoms with Gasteiger partial charge in [0.25, 0.3) is 11.5 Å². The van der Waals surface area contributed by atoms with Crippen molar-refractivity contribution in [2.24, 2.45) is 0 Å². The van der Waals surface area contributed by atoms with E-state index in [4.69, 9.17) is 0 Å². The topological polar surface area (TPSA) is 132 Å². The standard InChI is InChI=1S/C29H29FN6O3S/c1-29(9-2-10-32-29)18-4-8-26(31-15-18)33-23-14-21(35-36-27(23)38)16-3-6-20(30)22(12-16)34-28(39)25-13-17-11-19(37)5-7-24(17)40-25/h3-4,6,8,12-15,19,32,37H,2,5,7,9-11H2,1H3,(H,34,39)(H,36,38)(H,31,33,35)/t19-,29-/m0/s1. The Balaban J connectivity index is 1.21. The number of aromatic amines is 1. The van der Waals surface area contributed by atoms with Crippen LogP contribution in [0.15, 0.2) is 53.5 Å². The van der Waals surface area contributed by atoms with E-state index in [1.165, 1.54) is 29.5 Å². The number of nitrogens with zero attached hydrogens (tertiary/aromatic N) is 2. The lowest BCUT2D eigenvalue weighted by molar-refractivity contribution is 0.102. The molecular weight excluding hydrogens is 531 g/mol. The molecule has 6 rings (SSSR count). The minimum atomic E-state index is -0.591. The summed E-state index contributed by atoms with van der Waals surface area (Å²) in [5.41, 5.74) is 2.65. The number of H-pyrrole nitrogens is 1. The molecule has 1 fully saturated rings. The van der Waals surface area contributed by atoms with Crippen LogP contribution in [0.4, 0.5) is 21.6 Å². The van der Waals surface area contributed by atoms with Gasteiger partial charge in [-0.3, -0.25) is 9.59 Å². The predicted molar refractivity (Wildman–Crippen MR) is 153 cm³/mol. The fourth-order valence-corrected chi connectivity index (χ4v) is 6.40. The van der Waals surface area contributed by atoms with Crippen LogP contribution in [-0.2, 0) is 18.4 Å². The summed E-state index contributed by atoms with van der Waals surface area (Å²) in [6.07, 6.45) is 5.47. The van der Waals surface area contributed by atoms with Gasteiger partial charge in [0.15, 0.2) is 0 Å². The number of rotatable bonds is 6. The smallest absolute Gasteiger partial charge is 0.287 e. The average molecular weight is 561 g/mol. The van der Waals surface area contributed by atoms with Crippen LogP contribution in [0.5, 0.6) is 0 Å². The monoisotopic (exact) mass is 560 g/mol. The summed E-state index contributed by atoms with van der Waals surface area (Å²) in [7, 11) is 0. The highest BCUT2D eigenvalue weighted by Crippen LogP contribution is 2.32. The van der Waals surface area contributed by atoms with Crippen LogP contribution in [0.1, 0.15) is 51.9 Å². The maximum atomic E-state index is 14.7. The highest BCUT2D eigenvalue weighted by Gasteiger charge is 2.30. The molecule has 1 amide bonds. The molecule has 4 aromatic rings. The number of fused-ring (bicyclic) bond motifs is 1. The number of pyridine rings is 1. The molecule has 1 aromatic carbocycles. The van der Waals surface area contributed by atoms with Crippen molar-refractivity contribution in [3.05, 3.63) is 85.7 Å². The number of halogens is 1. The minimum Gasteiger partial charge on any atom is -0.393 e. The zero-order valence-corrected chi connectivity index (χ0v) is 22.7. The Bertz CT molecular complexity index is 1630. The number of anilines is 3. The molecule has 1 saturated heterocycles. The number of hydrogen-bond acceptors (Lipinski definition) is 8. The van der Waals surface area contributed by atoms with Crippen LogP contribution in [0.3, 0.4) is 0 Å². The Kier molecular flexibility index (Phi) is 6.95. The van der Waals surface area contributed by atoms with Gasteiger partial charge in [-0.05, 0) is 93.1 Å². The normalized spacial score (nSPS) is 20.2. The number of nitrogens with one attached hydrogen (secondary N) is 4. The molecule has 1 aliphatic heterocycles. The number of aromatic nitrogens is 3. The van der Waals surface area contributed by atoms with Crippen molar-refractivity contribution in [3.63, 3.8) is 0 Å². The molecule has 206 valence electrons. The first kappa shape index (κ1) is 26.3. The van der Waals surface area contributed by atoms with E-state index in [1.807, 2.05) is 12.1 Å². The lowest BCUT2D eigenvalue weighted by Crippen LogP contribution is -2.33. The van der Waals surface area contributed by atoms with E-state index in [0.29, 0.717) is 34.8 Å². The number of hydrogen-bond donors (Lipinski definition) is 5. The van der Waals surface area contributed by atoms with E-state index in [2.05, 4.69) is 38.1 Å². The highest BCUT2D eigenvalue weighted by atomic mass is 32.1. The molecule has 0 bridgehead atoms. The van der Waals surface area contributed by atoms with Crippen molar-refractivity contribution in [2.45, 2.75) is 50.7 Å². The number of carbonyl (C=O) groups is 1. The van der Waals surface area contributed by atoms with Gasteiger partial charge >= 0.3 is 0 Å². The van der Waals surface area contributed by atoms with Gasteiger partial charge in [-0.15, -0.1) is 11.3 Å². The lowest BCUT2D eigenvalue weighted by atomic mass is 9.92. The zero-order chi connectivity index (χ0) is 27.9. The molecular formula is C29H29FN6O3S. The molecule has 3 aromatic heterocycles. The van der Waals surface area contributed by atoms with Gasteiger partial charge in [0, 0.05) is 22.2 Å². The largest absolute Gasteiger partial charge is 0.393 e. The number of aryl methyl sites for hydroxylation is 1. The third-order valence-electron chi connectivity index (χ3n) is 7.63. The molecule has 5 N–H and O–H groups in total. The van der Waals surface area contributed by atoms with Crippen molar-refractivity contribution in [3.8, 4) is 11.3 Å². The van der Waals surface area contributed by atoms with Gasteiger partial charge in [-0.25, -0.2) is 14.5 Å². The van der Waals surface area contributed by atoms with Gasteiger partial charge in [-0.1, -0.05) is 6.07 Å². The second kappa shape index (κ2) is 10.6. The Morgan fingerprint density at radius 2 is 2.08 bits per heavy atom. The number of amides is 1. The second-order valence-corrected chi connectivity index (χ2v) is 11.7. The fraction of sp³-hybridized carbons (Fsp3) is 0.310. The van der Waals surface area contributed by atoms with Crippen molar-refractivity contribution < 1.29 is 14.3 Å². The summed E-state index contributed by atoms with van der Waals surface area (Å²) in [6.45, 7) is 3.13. The van der Waals surface area contributed by atoms with E-state index in [9.17, 15) is 19.1 Å².